The van der Waals surface area contributed by atoms with Gasteiger partial charge < -0.3 is 5.32 Å². The Labute approximate surface area is 109 Å². The normalized spacial score (nSPS) is 10.6. The van der Waals surface area contributed by atoms with E-state index in [0.717, 1.165) is 5.39 Å². The average molecular weight is 263 g/mol. The van der Waals surface area contributed by atoms with Crippen molar-refractivity contribution in [2.75, 3.05) is 12.3 Å². The van der Waals surface area contributed by atoms with Crippen molar-refractivity contribution in [3.8, 4) is 0 Å². The largest absolute Gasteiger partial charge is 0.351 e. The Bertz CT molecular complexity index is 651. The second kappa shape index (κ2) is 5.22. The van der Waals surface area contributed by atoms with Gasteiger partial charge in [0.15, 0.2) is 0 Å². The summed E-state index contributed by atoms with van der Waals surface area (Å²) in [5, 5.41) is 3.39. The quantitative estimate of drug-likeness (QED) is 0.797. The fourth-order valence-electron chi connectivity index (χ4n) is 1.72. The van der Waals surface area contributed by atoms with E-state index >= 15 is 0 Å². The second-order valence-electron chi connectivity index (χ2n) is 3.82. The van der Waals surface area contributed by atoms with Crippen molar-refractivity contribution in [2.24, 2.45) is 7.05 Å². The predicted octanol–water partition coefficient (Wildman–Crippen LogP) is 0.593. The lowest BCUT2D eigenvalue weighted by molar-refractivity contribution is 0.0954. The van der Waals surface area contributed by atoms with Crippen LogP contribution in [-0.2, 0) is 7.05 Å². The lowest BCUT2D eigenvalue weighted by atomic mass is 10.2. The number of hydrogen-bond donors (Lipinski definition) is 2. The van der Waals surface area contributed by atoms with E-state index in [1.165, 1.54) is 4.57 Å². The molecule has 0 bridgehead atoms. The van der Waals surface area contributed by atoms with Gasteiger partial charge >= 0.3 is 0 Å². The Kier molecular flexibility index (Phi) is 3.66. The molecule has 94 valence electrons. The minimum atomic E-state index is -0.379. The van der Waals surface area contributed by atoms with Crippen LogP contribution in [0.3, 0.4) is 0 Å². The molecule has 5 nitrogen and oxygen atoms in total. The summed E-state index contributed by atoms with van der Waals surface area (Å²) in [4.78, 5) is 28.0. The van der Waals surface area contributed by atoms with Gasteiger partial charge in [-0.15, -0.1) is 0 Å². The zero-order chi connectivity index (χ0) is 13.1. The molecule has 0 aliphatic rings. The van der Waals surface area contributed by atoms with Gasteiger partial charge in [0.05, 0.1) is 0 Å². The smallest absolute Gasteiger partial charge is 0.264 e. The predicted molar refractivity (Wildman–Crippen MR) is 73.2 cm³/mol. The number of carbonyl (C=O) groups excluding carboxylic acids is 1. The number of pyridine rings is 2. The molecule has 0 spiro atoms. The molecule has 2 aromatic rings. The van der Waals surface area contributed by atoms with Gasteiger partial charge in [0.2, 0.25) is 0 Å². The number of fused-ring (bicyclic) bond motifs is 1. The number of nitrogens with one attached hydrogen (secondary N) is 1. The Hall–Kier alpha value is -1.82. The molecule has 0 atom stereocenters. The standard InChI is InChI=1S/C12H13N3O2S/c1-15-10-8(3-2-4-13-10)7-9(12(15)17)11(16)14-5-6-18/h2-4,7,18H,5-6H2,1H3,(H,14,16). The number of carbonyl (C=O) groups is 1. The SMILES string of the molecule is Cn1c(=O)c(C(=O)NCCS)cc2cccnc21. The number of amides is 1. The van der Waals surface area contributed by atoms with E-state index in [1.807, 2.05) is 6.07 Å². The molecule has 0 aromatic carbocycles. The first-order valence-corrected chi connectivity index (χ1v) is 6.12. The highest BCUT2D eigenvalue weighted by Crippen LogP contribution is 2.09. The zero-order valence-electron chi connectivity index (χ0n) is 9.88. The van der Waals surface area contributed by atoms with Crippen LogP contribution in [0.15, 0.2) is 29.2 Å². The molecule has 0 radical (unpaired) electrons. The van der Waals surface area contributed by atoms with E-state index < -0.39 is 0 Å². The number of thiol groups is 1. The molecule has 0 unspecified atom stereocenters. The number of rotatable bonds is 3. The highest BCUT2D eigenvalue weighted by atomic mass is 32.1. The summed E-state index contributed by atoms with van der Waals surface area (Å²) < 4.78 is 1.38. The number of hydrogen-bond acceptors (Lipinski definition) is 4. The van der Waals surface area contributed by atoms with Gasteiger partial charge in [0, 0.05) is 30.9 Å². The molecule has 1 amide bonds. The molecule has 18 heavy (non-hydrogen) atoms. The highest BCUT2D eigenvalue weighted by Gasteiger charge is 2.13. The van der Waals surface area contributed by atoms with E-state index in [2.05, 4.69) is 22.9 Å². The monoisotopic (exact) mass is 263 g/mol. The number of nitrogens with zero attached hydrogens (tertiary/aromatic N) is 2. The molecule has 2 heterocycles. The fourth-order valence-corrected chi connectivity index (χ4v) is 1.84. The van der Waals surface area contributed by atoms with Crippen LogP contribution in [0.25, 0.3) is 11.0 Å². The first-order valence-electron chi connectivity index (χ1n) is 5.49. The average Bonchev–Trinajstić information content (AvgIpc) is 2.40. The van der Waals surface area contributed by atoms with Crippen molar-refractivity contribution >= 4 is 29.6 Å². The molecule has 2 aromatic heterocycles. The molecular weight excluding hydrogens is 250 g/mol. The summed E-state index contributed by atoms with van der Waals surface area (Å²) in [5.41, 5.74) is 0.339. The van der Waals surface area contributed by atoms with Gasteiger partial charge in [0.25, 0.3) is 11.5 Å². The molecule has 1 N–H and O–H groups in total. The van der Waals surface area contributed by atoms with E-state index in [-0.39, 0.29) is 17.0 Å². The summed E-state index contributed by atoms with van der Waals surface area (Å²) in [6.45, 7) is 0.427. The van der Waals surface area contributed by atoms with Crippen LogP contribution in [-0.4, -0.2) is 27.8 Å². The Morgan fingerprint density at radius 1 is 1.56 bits per heavy atom. The maximum atomic E-state index is 12.0. The third-order valence-electron chi connectivity index (χ3n) is 2.61. The number of aryl methyl sites for hydroxylation is 1. The molecule has 2 rings (SSSR count). The first-order chi connectivity index (χ1) is 8.65. The summed E-state index contributed by atoms with van der Waals surface area (Å²) in [7, 11) is 1.60. The topological polar surface area (TPSA) is 64.0 Å². The van der Waals surface area contributed by atoms with Gasteiger partial charge in [-0.1, -0.05) is 0 Å². The van der Waals surface area contributed by atoms with E-state index in [4.69, 9.17) is 0 Å². The van der Waals surface area contributed by atoms with E-state index in [0.29, 0.717) is 17.9 Å². The van der Waals surface area contributed by atoms with Crippen molar-refractivity contribution in [3.05, 3.63) is 40.3 Å². The van der Waals surface area contributed by atoms with Gasteiger partial charge in [-0.05, 0) is 18.2 Å². The molecular formula is C12H13N3O2S. The van der Waals surface area contributed by atoms with Gasteiger partial charge in [0.1, 0.15) is 11.2 Å². The van der Waals surface area contributed by atoms with Crippen LogP contribution in [0.5, 0.6) is 0 Å². The van der Waals surface area contributed by atoms with Crippen LogP contribution in [0, 0.1) is 0 Å². The molecule has 0 saturated carbocycles. The van der Waals surface area contributed by atoms with E-state index in [9.17, 15) is 9.59 Å². The Balaban J connectivity index is 2.55. The maximum Gasteiger partial charge on any atom is 0.264 e. The minimum absolute atomic E-state index is 0.125. The summed E-state index contributed by atoms with van der Waals surface area (Å²) in [6, 6.07) is 5.15. The molecule has 0 saturated heterocycles. The van der Waals surface area contributed by atoms with Crippen molar-refractivity contribution in [1.29, 1.82) is 0 Å². The maximum absolute atomic E-state index is 12.0. The first kappa shape index (κ1) is 12.6. The number of aromatic nitrogens is 2. The van der Waals surface area contributed by atoms with Gasteiger partial charge in [-0.3, -0.25) is 14.2 Å². The second-order valence-corrected chi connectivity index (χ2v) is 4.27. The lowest BCUT2D eigenvalue weighted by Crippen LogP contribution is -2.33. The van der Waals surface area contributed by atoms with Crippen molar-refractivity contribution in [1.82, 2.24) is 14.9 Å². The van der Waals surface area contributed by atoms with Crippen LogP contribution < -0.4 is 10.9 Å². The highest BCUT2D eigenvalue weighted by molar-refractivity contribution is 7.80. The van der Waals surface area contributed by atoms with Crippen molar-refractivity contribution < 1.29 is 4.79 Å². The fraction of sp³-hybridized carbons (Fsp3) is 0.250. The van der Waals surface area contributed by atoms with Crippen LogP contribution >= 0.6 is 12.6 Å². The zero-order valence-corrected chi connectivity index (χ0v) is 10.8. The van der Waals surface area contributed by atoms with Crippen LogP contribution in [0.4, 0.5) is 0 Å². The van der Waals surface area contributed by atoms with Gasteiger partial charge in [-0.25, -0.2) is 4.98 Å². The molecule has 0 aliphatic heterocycles. The third-order valence-corrected chi connectivity index (χ3v) is 2.84. The lowest BCUT2D eigenvalue weighted by Gasteiger charge is -2.07. The summed E-state index contributed by atoms with van der Waals surface area (Å²) in [6.07, 6.45) is 1.61. The van der Waals surface area contributed by atoms with Gasteiger partial charge in [-0.2, -0.15) is 12.6 Å². The summed E-state index contributed by atoms with van der Waals surface area (Å²) >= 11 is 4.00. The molecule has 6 heteroatoms. The van der Waals surface area contributed by atoms with Crippen LogP contribution in [0.1, 0.15) is 10.4 Å². The molecule has 0 aliphatic carbocycles. The van der Waals surface area contributed by atoms with E-state index in [1.54, 1.807) is 25.4 Å². The Morgan fingerprint density at radius 2 is 2.33 bits per heavy atom. The summed E-state index contributed by atoms with van der Waals surface area (Å²) in [5.74, 6) is 0.150. The minimum Gasteiger partial charge on any atom is -0.351 e. The third kappa shape index (κ3) is 2.24. The van der Waals surface area contributed by atoms with Crippen molar-refractivity contribution in [2.45, 2.75) is 0 Å². The molecule has 0 fully saturated rings. The Morgan fingerprint density at radius 3 is 3.06 bits per heavy atom. The van der Waals surface area contributed by atoms with Crippen molar-refractivity contribution in [3.63, 3.8) is 0 Å². The van der Waals surface area contributed by atoms with Crippen LogP contribution in [0.2, 0.25) is 0 Å².